The molecule has 2 saturated heterocycles. The number of aliphatic hydroxyl groups excluding tert-OH is 6. The second-order valence-corrected chi connectivity index (χ2v) is 9.97. The van der Waals surface area contributed by atoms with Crippen molar-refractivity contribution in [3.63, 3.8) is 0 Å². The maximum absolute atomic E-state index is 12.5. The third kappa shape index (κ3) is 11.2. The van der Waals surface area contributed by atoms with E-state index in [0.29, 0.717) is 0 Å². The zero-order chi connectivity index (χ0) is 28.3. The molecule has 17 N–H and O–H groups in total. The Bertz CT molecular complexity index is 793. The second-order valence-electron chi connectivity index (χ2n) is 9.97. The molecule has 1 saturated carbocycles. The zero-order valence-electron chi connectivity index (χ0n) is 22.8. The minimum absolute atomic E-state index is 0. The fraction of sp³-hybridized carbons (Fsp3) is 0.952. The molecule has 0 unspecified atom stereocenters. The number of nitrogens with one attached hydrogen (secondary N) is 1. The Labute approximate surface area is 279 Å². The smallest absolute Gasteiger partial charge is 0.249 e. The highest BCUT2D eigenvalue weighted by Gasteiger charge is 2.51. The van der Waals surface area contributed by atoms with Gasteiger partial charge in [-0.2, -0.15) is 0 Å². The zero-order valence-corrected chi connectivity index (χ0v) is 26.9. The van der Waals surface area contributed by atoms with E-state index in [-0.39, 0.29) is 94.6 Å². The van der Waals surface area contributed by atoms with Gasteiger partial charge in [0, 0.05) is 12.6 Å². The molecular formula is C21H47Cl5N6O11. The number of aliphatic hydroxyl groups is 6. The van der Waals surface area contributed by atoms with Crippen molar-refractivity contribution in [1.82, 2.24) is 5.32 Å². The monoisotopic (exact) mass is 734 g/mol. The number of amides is 1. The molecule has 43 heavy (non-hydrogen) atoms. The van der Waals surface area contributed by atoms with Gasteiger partial charge >= 0.3 is 0 Å². The number of ether oxygens (including phenoxy) is 4. The first kappa shape index (κ1) is 47.7. The molecule has 3 aliphatic rings. The summed E-state index contributed by atoms with van der Waals surface area (Å²) in [5.74, 6) is -0.786. The fourth-order valence-electron chi connectivity index (χ4n) is 4.82. The highest BCUT2D eigenvalue weighted by Crippen LogP contribution is 2.31. The highest BCUT2D eigenvalue weighted by molar-refractivity contribution is 5.86. The maximum Gasteiger partial charge on any atom is 0.249 e. The van der Waals surface area contributed by atoms with E-state index in [4.69, 9.17) is 47.6 Å². The number of carbonyl (C=O) groups is 1. The Balaban J connectivity index is -0.00000320. The summed E-state index contributed by atoms with van der Waals surface area (Å²) < 4.78 is 22.7. The lowest BCUT2D eigenvalue weighted by atomic mass is 9.83. The molecule has 2 heterocycles. The van der Waals surface area contributed by atoms with Crippen molar-refractivity contribution in [2.45, 2.75) is 105 Å². The summed E-state index contributed by atoms with van der Waals surface area (Å²) in [6, 6.07) is -4.28. The summed E-state index contributed by atoms with van der Waals surface area (Å²) in [5.41, 5.74) is 29.1. The molecule has 0 aromatic rings. The van der Waals surface area contributed by atoms with Crippen LogP contribution in [0.5, 0.6) is 0 Å². The van der Waals surface area contributed by atoms with Gasteiger partial charge < -0.3 is 83.6 Å². The first-order chi connectivity index (χ1) is 17.9. The van der Waals surface area contributed by atoms with Crippen LogP contribution in [0.1, 0.15) is 12.8 Å². The van der Waals surface area contributed by atoms with Crippen molar-refractivity contribution >= 4 is 67.9 Å². The summed E-state index contributed by atoms with van der Waals surface area (Å²) in [5, 5.41) is 64.6. The van der Waals surface area contributed by atoms with Gasteiger partial charge in [-0.3, -0.25) is 4.79 Å². The average molecular weight is 737 g/mol. The van der Waals surface area contributed by atoms with Crippen molar-refractivity contribution in [2.24, 2.45) is 28.7 Å². The molecule has 15 atom stereocenters. The van der Waals surface area contributed by atoms with Crippen LogP contribution in [0, 0.1) is 0 Å². The first-order valence-electron chi connectivity index (χ1n) is 12.5. The van der Waals surface area contributed by atoms with Crippen LogP contribution in [-0.2, 0) is 23.7 Å². The van der Waals surface area contributed by atoms with E-state index < -0.39 is 97.6 Å². The van der Waals surface area contributed by atoms with Gasteiger partial charge in [0.05, 0.1) is 30.8 Å². The van der Waals surface area contributed by atoms with E-state index in [1.54, 1.807) is 0 Å². The summed E-state index contributed by atoms with van der Waals surface area (Å²) in [6.45, 7) is -0.369. The average Bonchev–Trinajstić information content (AvgIpc) is 2.88. The third-order valence-electron chi connectivity index (χ3n) is 7.20. The number of carbonyl (C=O) groups excluding carboxylic acids is 1. The van der Waals surface area contributed by atoms with E-state index >= 15 is 0 Å². The molecule has 0 bridgehead atoms. The summed E-state index contributed by atoms with van der Waals surface area (Å²) >= 11 is 0. The lowest BCUT2D eigenvalue weighted by molar-refractivity contribution is -0.308. The van der Waals surface area contributed by atoms with Gasteiger partial charge in [0.1, 0.15) is 48.8 Å². The highest BCUT2D eigenvalue weighted by atomic mass is 35.5. The fourth-order valence-corrected chi connectivity index (χ4v) is 4.82. The molecule has 3 rings (SSSR count). The Morgan fingerprint density at radius 1 is 0.837 bits per heavy atom. The van der Waals surface area contributed by atoms with E-state index in [2.05, 4.69) is 5.32 Å². The number of rotatable bonds is 9. The molecule has 0 aromatic carbocycles. The first-order valence-corrected chi connectivity index (χ1v) is 12.5. The largest absolute Gasteiger partial charge is 0.389 e. The van der Waals surface area contributed by atoms with Crippen LogP contribution in [0.15, 0.2) is 0 Å². The predicted octanol–water partition coefficient (Wildman–Crippen LogP) is -5.71. The van der Waals surface area contributed by atoms with Gasteiger partial charge in [-0.15, -0.1) is 62.0 Å². The quantitative estimate of drug-likeness (QED) is 0.105. The lowest BCUT2D eigenvalue weighted by Crippen LogP contribution is -2.69. The van der Waals surface area contributed by atoms with Crippen LogP contribution >= 0.6 is 62.0 Å². The standard InChI is InChI=1S/C21H42N6O11.5ClH/c22-2-1-8(28)19(34)27-7-3-6(24)17(37-20-12(26)14(31)13(30)10(4-23)36-20)16(33)18(7)38-21-15(32)11(25)9(29)5-35-21;;;;;/h6-18,20-21,28-33H,1-5,22-26H2,(H,27,34);5*1H/t6-,7+,8-,9+,10+,11-,12+,13+,14+,15+,16-,17+,18-,20+,21+;;;;;/m0...../s1. The minimum atomic E-state index is -1.59. The third-order valence-corrected chi connectivity index (χ3v) is 7.20. The van der Waals surface area contributed by atoms with Gasteiger partial charge in [0.15, 0.2) is 12.6 Å². The van der Waals surface area contributed by atoms with Crippen LogP contribution in [-0.4, -0.2) is 148 Å². The maximum atomic E-state index is 12.5. The topological polar surface area (TPSA) is 317 Å². The van der Waals surface area contributed by atoms with Crippen LogP contribution in [0.3, 0.4) is 0 Å². The number of halogens is 5. The molecule has 17 nitrogen and oxygen atoms in total. The molecule has 3 fully saturated rings. The van der Waals surface area contributed by atoms with E-state index in [1.807, 2.05) is 0 Å². The van der Waals surface area contributed by atoms with Gasteiger partial charge in [0.2, 0.25) is 5.91 Å². The van der Waals surface area contributed by atoms with Crippen molar-refractivity contribution in [1.29, 1.82) is 0 Å². The number of hydrogen-bond acceptors (Lipinski definition) is 16. The van der Waals surface area contributed by atoms with E-state index in [9.17, 15) is 35.4 Å². The van der Waals surface area contributed by atoms with Crippen LogP contribution < -0.4 is 34.0 Å². The number of nitrogens with two attached hydrogens (primary N) is 5. The van der Waals surface area contributed by atoms with Crippen LogP contribution in [0.4, 0.5) is 0 Å². The Hall–Kier alpha value is 0.320. The van der Waals surface area contributed by atoms with Crippen molar-refractivity contribution in [3.05, 3.63) is 0 Å². The molecule has 2 aliphatic heterocycles. The second kappa shape index (κ2) is 21.2. The van der Waals surface area contributed by atoms with Crippen LogP contribution in [0.25, 0.3) is 0 Å². The summed E-state index contributed by atoms with van der Waals surface area (Å²) in [6.07, 6.45) is -14.8. The molecular weight excluding hydrogens is 690 g/mol. The SMILES string of the molecule is Cl.Cl.Cl.Cl.Cl.NCC[C@H](O)C(=O)N[C@@H]1C[C@H](N)[C@@H](O[C@H]2O[C@H](CN)[C@@H](O)[C@H](O)[C@H]2N)[C@H](O)[C@H]1O[C@H]1OC[C@@H](O)[C@H](N)[C@H]1O. The molecule has 1 aliphatic carbocycles. The van der Waals surface area contributed by atoms with Gasteiger partial charge in [-0.25, -0.2) is 0 Å². The summed E-state index contributed by atoms with van der Waals surface area (Å²) in [7, 11) is 0. The molecule has 0 spiro atoms. The predicted molar refractivity (Wildman–Crippen MR) is 164 cm³/mol. The van der Waals surface area contributed by atoms with Gasteiger partial charge in [0.25, 0.3) is 0 Å². The van der Waals surface area contributed by atoms with Crippen LogP contribution in [0.2, 0.25) is 0 Å². The van der Waals surface area contributed by atoms with Crippen molar-refractivity contribution < 1.29 is 54.4 Å². The molecule has 0 radical (unpaired) electrons. The van der Waals surface area contributed by atoms with Crippen molar-refractivity contribution in [2.75, 3.05) is 19.7 Å². The molecule has 262 valence electrons. The molecule has 22 heteroatoms. The summed E-state index contributed by atoms with van der Waals surface area (Å²) in [4.78, 5) is 12.5. The molecule has 1 amide bonds. The van der Waals surface area contributed by atoms with Crippen molar-refractivity contribution in [3.8, 4) is 0 Å². The minimum Gasteiger partial charge on any atom is -0.389 e. The van der Waals surface area contributed by atoms with Gasteiger partial charge in [-0.1, -0.05) is 0 Å². The molecule has 0 aromatic heterocycles. The van der Waals surface area contributed by atoms with E-state index in [1.165, 1.54) is 0 Å². The Morgan fingerprint density at radius 2 is 1.42 bits per heavy atom. The number of hydrogen-bond donors (Lipinski definition) is 12. The lowest BCUT2D eigenvalue weighted by Gasteiger charge is -2.48. The van der Waals surface area contributed by atoms with E-state index in [0.717, 1.165) is 0 Å². The van der Waals surface area contributed by atoms with Gasteiger partial charge in [-0.05, 0) is 19.4 Å². The Kier molecular flexibility index (Phi) is 23.6. The Morgan fingerprint density at radius 3 is 1.98 bits per heavy atom. The normalized spacial score (nSPS) is 41.5.